The minimum absolute atomic E-state index is 1.01. The van der Waals surface area contributed by atoms with E-state index in [1.54, 1.807) is 0 Å². The van der Waals surface area contributed by atoms with Crippen molar-refractivity contribution in [1.82, 2.24) is 0 Å². The molecule has 0 N–H and O–H groups in total. The van der Waals surface area contributed by atoms with Gasteiger partial charge in [-0.1, -0.05) is 48.5 Å². The molecule has 6 aromatic rings. The first-order valence-corrected chi connectivity index (χ1v) is 15.6. The van der Waals surface area contributed by atoms with Crippen LogP contribution in [-0.2, 0) is 0 Å². The molecule has 0 amide bonds. The van der Waals surface area contributed by atoms with E-state index in [-0.39, 0.29) is 0 Å². The molecular weight excluding hydrogens is 536 g/mol. The molecule has 0 saturated carbocycles. The summed E-state index contributed by atoms with van der Waals surface area (Å²) < 4.78 is 4.69. The summed E-state index contributed by atoms with van der Waals surface area (Å²) in [6.45, 7) is 4.05. The number of anilines is 2. The molecule has 4 nitrogen and oxygen atoms in total. The summed E-state index contributed by atoms with van der Waals surface area (Å²) in [7, 11) is 4.38. The summed E-state index contributed by atoms with van der Waals surface area (Å²) in [5, 5.41) is 5.33. The number of piperazine rings is 1. The first-order valence-electron chi connectivity index (χ1n) is 15.6. The monoisotopic (exact) mass is 570 g/mol. The van der Waals surface area contributed by atoms with Crippen LogP contribution in [0.3, 0.4) is 0 Å². The van der Waals surface area contributed by atoms with Gasteiger partial charge in [0.15, 0.2) is 0 Å². The molecule has 44 heavy (non-hydrogen) atoms. The van der Waals surface area contributed by atoms with Crippen LogP contribution in [0, 0.1) is 0 Å². The van der Waals surface area contributed by atoms with Gasteiger partial charge in [-0.25, -0.2) is 0 Å². The van der Waals surface area contributed by atoms with Crippen LogP contribution in [0.5, 0.6) is 0 Å². The second kappa shape index (κ2) is 9.65. The summed E-state index contributed by atoms with van der Waals surface area (Å²) in [4.78, 5) is 5.04. The lowest BCUT2D eigenvalue weighted by Gasteiger charge is -2.37. The number of hydrogen-bond acceptors (Lipinski definition) is 2. The van der Waals surface area contributed by atoms with E-state index in [9.17, 15) is 0 Å². The fourth-order valence-corrected chi connectivity index (χ4v) is 7.78. The Bertz CT molecular complexity index is 2010. The smallest absolute Gasteiger partial charge is 0.220 e. The van der Waals surface area contributed by atoms with E-state index < -0.39 is 0 Å². The molecule has 1 saturated heterocycles. The van der Waals surface area contributed by atoms with Crippen LogP contribution in [0.2, 0.25) is 0 Å². The zero-order valence-electron chi connectivity index (χ0n) is 25.2. The maximum absolute atomic E-state index is 2.52. The van der Waals surface area contributed by atoms with Crippen LogP contribution >= 0.6 is 0 Å². The average molecular weight is 571 g/mol. The molecule has 0 aliphatic carbocycles. The van der Waals surface area contributed by atoms with E-state index in [2.05, 4.69) is 154 Å². The molecule has 3 aliphatic rings. The van der Waals surface area contributed by atoms with Crippen molar-refractivity contribution in [3.05, 3.63) is 144 Å². The largest absolute Gasteiger partial charge is 0.368 e. The van der Waals surface area contributed by atoms with Crippen LogP contribution in [0.1, 0.15) is 22.3 Å². The van der Waals surface area contributed by atoms with Crippen molar-refractivity contribution in [3.63, 3.8) is 0 Å². The molecule has 0 unspecified atom stereocenters. The molecule has 6 aromatic carbocycles. The van der Waals surface area contributed by atoms with Gasteiger partial charge in [-0.2, -0.15) is 9.15 Å². The summed E-state index contributed by atoms with van der Waals surface area (Å²) in [5.74, 6) is 0. The number of rotatable bonds is 4. The Morgan fingerprint density at radius 1 is 0.432 bits per heavy atom. The molecule has 1 fully saturated rings. The standard InChI is InChI=1S/C40H34N4/c1-41-35-13-5-9-27-7-3-11-33(37(27)35)39(41)29-15-19-31(20-16-29)43-23-25-44(26-24-43)32-21-17-30(18-22-32)40-34-12-4-8-28-10-6-14-36(38(28)34)42(40)2/h3-22H,23-26H2,1-2H3/q+2. The van der Waals surface area contributed by atoms with Gasteiger partial charge in [0.25, 0.3) is 0 Å². The van der Waals surface area contributed by atoms with Gasteiger partial charge in [0.1, 0.15) is 14.1 Å². The molecule has 212 valence electrons. The molecule has 0 aromatic heterocycles. The van der Waals surface area contributed by atoms with E-state index in [1.165, 1.54) is 78.0 Å². The summed E-state index contributed by atoms with van der Waals surface area (Å²) in [5.41, 5.74) is 13.0. The van der Waals surface area contributed by atoms with Crippen molar-refractivity contribution >= 4 is 55.7 Å². The lowest BCUT2D eigenvalue weighted by Crippen LogP contribution is -2.46. The normalized spacial score (nSPS) is 15.8. The maximum atomic E-state index is 2.52. The van der Waals surface area contributed by atoms with Gasteiger partial charge in [0.05, 0.1) is 21.9 Å². The fourth-order valence-electron chi connectivity index (χ4n) is 7.78. The highest BCUT2D eigenvalue weighted by atomic mass is 15.3. The Labute approximate surface area is 258 Å². The quantitative estimate of drug-likeness (QED) is 0.203. The topological polar surface area (TPSA) is 12.5 Å². The predicted octanol–water partition coefficient (Wildman–Crippen LogP) is 7.57. The van der Waals surface area contributed by atoms with E-state index >= 15 is 0 Å². The number of hydrogen-bond donors (Lipinski definition) is 0. The molecule has 9 rings (SSSR count). The summed E-state index contributed by atoms with van der Waals surface area (Å²) >= 11 is 0. The van der Waals surface area contributed by atoms with Crippen molar-refractivity contribution in [2.24, 2.45) is 0 Å². The van der Waals surface area contributed by atoms with E-state index in [1.807, 2.05) is 0 Å². The Morgan fingerprint density at radius 3 is 1.18 bits per heavy atom. The molecule has 0 atom stereocenters. The Hall–Kier alpha value is -5.22. The van der Waals surface area contributed by atoms with Gasteiger partial charge in [-0.15, -0.1) is 0 Å². The lowest BCUT2D eigenvalue weighted by atomic mass is 9.98. The van der Waals surface area contributed by atoms with Crippen LogP contribution in [0.15, 0.2) is 121 Å². The third-order valence-corrected chi connectivity index (χ3v) is 9.96. The summed E-state index contributed by atoms with van der Waals surface area (Å²) in [6.07, 6.45) is 0. The van der Waals surface area contributed by atoms with Gasteiger partial charge in [0, 0.05) is 60.8 Å². The molecular formula is C40H34N4+2. The summed E-state index contributed by atoms with van der Waals surface area (Å²) in [6, 6.07) is 44.9. The third kappa shape index (κ3) is 3.70. The Morgan fingerprint density at radius 2 is 0.795 bits per heavy atom. The number of benzene rings is 6. The zero-order chi connectivity index (χ0) is 29.4. The lowest BCUT2D eigenvalue weighted by molar-refractivity contribution is -0.399. The maximum Gasteiger partial charge on any atom is 0.220 e. The molecule has 0 spiro atoms. The van der Waals surface area contributed by atoms with Gasteiger partial charge in [0.2, 0.25) is 22.8 Å². The van der Waals surface area contributed by atoms with E-state index in [4.69, 9.17) is 0 Å². The van der Waals surface area contributed by atoms with Crippen molar-refractivity contribution in [3.8, 4) is 0 Å². The highest BCUT2D eigenvalue weighted by molar-refractivity contribution is 6.23. The predicted molar refractivity (Wildman–Crippen MR) is 183 cm³/mol. The number of nitrogens with zero attached hydrogens (tertiary/aromatic N) is 4. The Balaban J connectivity index is 0.910. The minimum atomic E-state index is 1.01. The van der Waals surface area contributed by atoms with E-state index in [0.717, 1.165) is 26.2 Å². The Kier molecular flexibility index (Phi) is 5.55. The third-order valence-electron chi connectivity index (χ3n) is 9.96. The molecule has 3 aliphatic heterocycles. The van der Waals surface area contributed by atoms with Crippen molar-refractivity contribution in [2.45, 2.75) is 0 Å². The van der Waals surface area contributed by atoms with Gasteiger partial charge in [-0.05, 0) is 71.4 Å². The van der Waals surface area contributed by atoms with Crippen molar-refractivity contribution in [2.75, 3.05) is 50.1 Å². The van der Waals surface area contributed by atoms with Gasteiger partial charge < -0.3 is 9.80 Å². The van der Waals surface area contributed by atoms with E-state index in [0.29, 0.717) is 0 Å². The molecule has 0 radical (unpaired) electrons. The van der Waals surface area contributed by atoms with Crippen LogP contribution < -0.4 is 9.80 Å². The highest BCUT2D eigenvalue weighted by Gasteiger charge is 2.32. The van der Waals surface area contributed by atoms with Gasteiger partial charge >= 0.3 is 0 Å². The molecule has 3 heterocycles. The van der Waals surface area contributed by atoms with Crippen molar-refractivity contribution < 1.29 is 9.15 Å². The SMILES string of the molecule is C[N+]1=C(c2ccc(N3CCN(c4ccc(C5=[N+](C)c6cccc7cccc5c67)cc4)CC3)cc2)c2cccc3cccc1c23. The van der Waals surface area contributed by atoms with Crippen LogP contribution in [0.4, 0.5) is 22.7 Å². The average Bonchev–Trinajstić information content (AvgIpc) is 3.54. The van der Waals surface area contributed by atoms with Gasteiger partial charge in [-0.3, -0.25) is 0 Å². The molecule has 0 bridgehead atoms. The van der Waals surface area contributed by atoms with Crippen LogP contribution in [-0.4, -0.2) is 60.8 Å². The van der Waals surface area contributed by atoms with Crippen LogP contribution in [0.25, 0.3) is 21.5 Å². The van der Waals surface area contributed by atoms with Crippen molar-refractivity contribution in [1.29, 1.82) is 0 Å². The second-order valence-corrected chi connectivity index (χ2v) is 12.2. The first-order chi connectivity index (χ1) is 21.7. The highest BCUT2D eigenvalue weighted by Crippen LogP contribution is 2.38. The second-order valence-electron chi connectivity index (χ2n) is 12.2. The zero-order valence-corrected chi connectivity index (χ0v) is 25.2. The minimum Gasteiger partial charge on any atom is -0.368 e. The fraction of sp³-hybridized carbons (Fsp3) is 0.150. The molecule has 4 heteroatoms. The first kappa shape index (κ1) is 25.3.